The number of amides is 1. The van der Waals surface area contributed by atoms with Crippen LogP contribution in [0.4, 0.5) is 5.69 Å². The molecule has 4 rings (SSSR count). The van der Waals surface area contributed by atoms with Crippen LogP contribution in [0.25, 0.3) is 10.9 Å². The molecule has 0 unspecified atom stereocenters. The van der Waals surface area contributed by atoms with Gasteiger partial charge in [-0.2, -0.15) is 0 Å². The van der Waals surface area contributed by atoms with E-state index in [9.17, 15) is 13.2 Å². The molecule has 0 atom stereocenters. The highest BCUT2D eigenvalue weighted by atomic mass is 32.2. The van der Waals surface area contributed by atoms with E-state index in [1.165, 1.54) is 16.1 Å². The first-order valence-electron chi connectivity index (χ1n) is 9.83. The largest absolute Gasteiger partial charge is 0.326 e. The van der Waals surface area contributed by atoms with Crippen molar-refractivity contribution in [2.75, 3.05) is 25.5 Å². The molecule has 2 aromatic carbocycles. The molecular weight excluding hydrogens is 386 g/mol. The molecule has 0 radical (unpaired) electrons. The molecule has 0 aliphatic carbocycles. The number of benzene rings is 2. The van der Waals surface area contributed by atoms with Gasteiger partial charge in [-0.05, 0) is 75.3 Å². The van der Waals surface area contributed by atoms with Crippen LogP contribution in [0, 0.1) is 5.92 Å². The fourth-order valence-corrected chi connectivity index (χ4v) is 5.18. The fourth-order valence-electron chi connectivity index (χ4n) is 3.83. The summed E-state index contributed by atoms with van der Waals surface area (Å²) in [5.74, 6) is 0.388. The van der Waals surface area contributed by atoms with Crippen molar-refractivity contribution in [2.45, 2.75) is 24.2 Å². The standard InChI is InChI=1S/C22H25N3O3S/c1-24-13-10-17(11-14-24)16-22(26)23-19-6-8-20(9-7-19)29(27,28)25-15-12-18-4-2-3-5-21(18)25/h2-9,12,15,17H,10-11,13-14,16H2,1H3,(H,23,26). The van der Waals surface area contributed by atoms with Crippen LogP contribution in [0.1, 0.15) is 19.3 Å². The van der Waals surface area contributed by atoms with Crippen molar-refractivity contribution in [3.8, 4) is 0 Å². The lowest BCUT2D eigenvalue weighted by molar-refractivity contribution is -0.117. The maximum Gasteiger partial charge on any atom is 0.268 e. The highest BCUT2D eigenvalue weighted by Gasteiger charge is 2.21. The van der Waals surface area contributed by atoms with Gasteiger partial charge in [0, 0.05) is 23.7 Å². The Balaban J connectivity index is 1.45. The number of anilines is 1. The summed E-state index contributed by atoms with van der Waals surface area (Å²) < 4.78 is 27.3. The van der Waals surface area contributed by atoms with Gasteiger partial charge in [-0.1, -0.05) is 18.2 Å². The molecule has 1 amide bonds. The second-order valence-electron chi connectivity index (χ2n) is 7.70. The molecule has 3 aromatic rings. The number of aromatic nitrogens is 1. The Hall–Kier alpha value is -2.64. The number of rotatable bonds is 5. The molecule has 1 aromatic heterocycles. The first-order valence-corrected chi connectivity index (χ1v) is 11.3. The van der Waals surface area contributed by atoms with E-state index in [0.717, 1.165) is 31.3 Å². The van der Waals surface area contributed by atoms with Crippen LogP contribution in [0.2, 0.25) is 0 Å². The predicted octanol–water partition coefficient (Wildman–Crippen LogP) is 3.55. The molecule has 1 aliphatic heterocycles. The Morgan fingerprint density at radius 1 is 1.03 bits per heavy atom. The summed E-state index contributed by atoms with van der Waals surface area (Å²) in [5, 5.41) is 3.76. The highest BCUT2D eigenvalue weighted by molar-refractivity contribution is 7.90. The van der Waals surface area contributed by atoms with Crippen LogP contribution in [0.3, 0.4) is 0 Å². The van der Waals surface area contributed by atoms with Gasteiger partial charge < -0.3 is 10.2 Å². The van der Waals surface area contributed by atoms with Crippen LogP contribution in [-0.4, -0.2) is 43.3 Å². The highest BCUT2D eigenvalue weighted by Crippen LogP contribution is 2.24. The molecule has 0 spiro atoms. The summed E-state index contributed by atoms with van der Waals surface area (Å²) in [7, 11) is -1.60. The zero-order valence-electron chi connectivity index (χ0n) is 16.4. The Bertz CT molecular complexity index is 1110. The first kappa shape index (κ1) is 19.7. The van der Waals surface area contributed by atoms with Crippen LogP contribution < -0.4 is 5.32 Å². The maximum absolute atomic E-state index is 13.0. The molecular formula is C22H25N3O3S. The van der Waals surface area contributed by atoms with Crippen LogP contribution in [-0.2, 0) is 14.8 Å². The van der Waals surface area contributed by atoms with Gasteiger partial charge in [0.25, 0.3) is 10.0 Å². The van der Waals surface area contributed by atoms with Gasteiger partial charge in [-0.15, -0.1) is 0 Å². The lowest BCUT2D eigenvalue weighted by atomic mass is 9.93. The molecule has 152 valence electrons. The number of fused-ring (bicyclic) bond motifs is 1. The minimum absolute atomic E-state index is 0.0217. The number of nitrogens with one attached hydrogen (secondary N) is 1. The molecule has 1 N–H and O–H groups in total. The topological polar surface area (TPSA) is 71.4 Å². The summed E-state index contributed by atoms with van der Waals surface area (Å²) >= 11 is 0. The van der Waals surface area contributed by atoms with Crippen molar-refractivity contribution in [1.82, 2.24) is 8.87 Å². The van der Waals surface area contributed by atoms with Gasteiger partial charge in [0.1, 0.15) is 0 Å². The summed E-state index contributed by atoms with van der Waals surface area (Å²) in [6.07, 6.45) is 4.14. The predicted molar refractivity (Wildman–Crippen MR) is 114 cm³/mol. The van der Waals surface area contributed by atoms with Crippen molar-refractivity contribution in [2.24, 2.45) is 5.92 Å². The number of nitrogens with zero attached hydrogens (tertiary/aromatic N) is 2. The number of carbonyl (C=O) groups excluding carboxylic acids is 1. The third kappa shape index (κ3) is 4.21. The minimum atomic E-state index is -3.70. The van der Waals surface area contributed by atoms with Crippen molar-refractivity contribution >= 4 is 32.5 Å². The number of hydrogen-bond donors (Lipinski definition) is 1. The van der Waals surface area contributed by atoms with E-state index in [1.54, 1.807) is 30.5 Å². The zero-order chi connectivity index (χ0) is 20.4. The van der Waals surface area contributed by atoms with Crippen molar-refractivity contribution in [3.63, 3.8) is 0 Å². The van der Waals surface area contributed by atoms with Crippen LogP contribution in [0.5, 0.6) is 0 Å². The van der Waals surface area contributed by atoms with Gasteiger partial charge in [0.15, 0.2) is 0 Å². The first-order chi connectivity index (χ1) is 13.9. The number of para-hydroxylation sites is 1. The molecule has 1 fully saturated rings. The Kier molecular flexibility index (Phi) is 5.43. The normalized spacial score (nSPS) is 16.2. The monoisotopic (exact) mass is 411 g/mol. The quantitative estimate of drug-likeness (QED) is 0.697. The summed E-state index contributed by atoms with van der Waals surface area (Å²) in [6.45, 7) is 2.05. The van der Waals surface area contributed by atoms with E-state index in [1.807, 2.05) is 18.2 Å². The molecule has 1 saturated heterocycles. The number of carbonyl (C=O) groups is 1. The molecule has 29 heavy (non-hydrogen) atoms. The summed E-state index contributed by atoms with van der Waals surface area (Å²) in [6, 6.07) is 15.5. The Morgan fingerprint density at radius 2 is 1.72 bits per heavy atom. The lowest BCUT2D eigenvalue weighted by Gasteiger charge is -2.28. The second kappa shape index (κ2) is 8.00. The molecule has 1 aliphatic rings. The SMILES string of the molecule is CN1CCC(CC(=O)Nc2ccc(S(=O)(=O)n3ccc4ccccc43)cc2)CC1. The van der Waals surface area contributed by atoms with Gasteiger partial charge in [-0.3, -0.25) is 4.79 Å². The summed E-state index contributed by atoms with van der Waals surface area (Å²) in [4.78, 5) is 14.8. The zero-order valence-corrected chi connectivity index (χ0v) is 17.2. The third-order valence-corrected chi connectivity index (χ3v) is 7.27. The second-order valence-corrected chi connectivity index (χ2v) is 9.51. The third-order valence-electron chi connectivity index (χ3n) is 5.57. The van der Waals surface area contributed by atoms with Crippen LogP contribution in [0.15, 0.2) is 65.7 Å². The van der Waals surface area contributed by atoms with E-state index >= 15 is 0 Å². The molecule has 0 bridgehead atoms. The maximum atomic E-state index is 13.0. The molecule has 6 nitrogen and oxygen atoms in total. The van der Waals surface area contributed by atoms with Crippen LogP contribution >= 0.6 is 0 Å². The number of hydrogen-bond acceptors (Lipinski definition) is 4. The van der Waals surface area contributed by atoms with Gasteiger partial charge in [-0.25, -0.2) is 12.4 Å². The number of piperidine rings is 1. The summed E-state index contributed by atoms with van der Waals surface area (Å²) in [5.41, 5.74) is 1.25. The van der Waals surface area contributed by atoms with E-state index in [0.29, 0.717) is 23.5 Å². The van der Waals surface area contributed by atoms with Gasteiger partial charge in [0.05, 0.1) is 10.4 Å². The van der Waals surface area contributed by atoms with E-state index in [-0.39, 0.29) is 10.8 Å². The average Bonchev–Trinajstić information content (AvgIpc) is 3.15. The Labute approximate surface area is 171 Å². The van der Waals surface area contributed by atoms with Crippen molar-refractivity contribution in [3.05, 3.63) is 60.8 Å². The van der Waals surface area contributed by atoms with Crippen molar-refractivity contribution < 1.29 is 13.2 Å². The lowest BCUT2D eigenvalue weighted by Crippen LogP contribution is -2.31. The Morgan fingerprint density at radius 3 is 2.45 bits per heavy atom. The average molecular weight is 412 g/mol. The molecule has 7 heteroatoms. The number of likely N-dealkylation sites (tertiary alicyclic amines) is 1. The molecule has 0 saturated carbocycles. The van der Waals surface area contributed by atoms with E-state index < -0.39 is 10.0 Å². The van der Waals surface area contributed by atoms with Gasteiger partial charge in [0.2, 0.25) is 5.91 Å². The van der Waals surface area contributed by atoms with Gasteiger partial charge >= 0.3 is 0 Å². The van der Waals surface area contributed by atoms with E-state index in [2.05, 4.69) is 17.3 Å². The fraction of sp³-hybridized carbons (Fsp3) is 0.318. The van der Waals surface area contributed by atoms with E-state index in [4.69, 9.17) is 0 Å². The van der Waals surface area contributed by atoms with Crippen molar-refractivity contribution in [1.29, 1.82) is 0 Å². The smallest absolute Gasteiger partial charge is 0.268 e. The minimum Gasteiger partial charge on any atom is -0.326 e. The molecule has 2 heterocycles.